The Labute approximate surface area is 199 Å². The first-order chi connectivity index (χ1) is 15.5. The average Bonchev–Trinajstić information content (AvgIpc) is 3.25. The van der Waals surface area contributed by atoms with Gasteiger partial charge in [0.2, 0.25) is 0 Å². The van der Waals surface area contributed by atoms with Crippen LogP contribution in [0.15, 0.2) is 52.2 Å². The molecule has 0 saturated heterocycles. The molecule has 7 heteroatoms. The molecule has 0 radical (unpaired) electrons. The van der Waals surface area contributed by atoms with E-state index in [0.717, 1.165) is 34.9 Å². The molecule has 1 aromatic heterocycles. The van der Waals surface area contributed by atoms with E-state index in [1.165, 1.54) is 0 Å². The molecular weight excluding hydrogens is 440 g/mol. The molecule has 0 amide bonds. The maximum Gasteiger partial charge on any atom is 0.168 e. The Morgan fingerprint density at radius 2 is 2.09 bits per heavy atom. The molecule has 1 N–H and O–H groups in total. The van der Waals surface area contributed by atoms with Gasteiger partial charge in [-0.25, -0.2) is 4.98 Å². The lowest BCUT2D eigenvalue weighted by molar-refractivity contribution is -0.116. The van der Waals surface area contributed by atoms with Gasteiger partial charge in [0.15, 0.2) is 12.4 Å². The van der Waals surface area contributed by atoms with E-state index in [4.69, 9.17) is 4.84 Å². The number of aromatic nitrogens is 1. The molecule has 1 aromatic carbocycles. The lowest BCUT2D eigenvalue weighted by atomic mass is 9.82. The minimum Gasteiger partial charge on any atom is -0.511 e. The zero-order valence-electron chi connectivity index (χ0n) is 19.0. The highest BCUT2D eigenvalue weighted by atomic mass is 32.2. The fourth-order valence-corrected chi connectivity index (χ4v) is 5.73. The summed E-state index contributed by atoms with van der Waals surface area (Å²) in [5, 5.41) is 18.2. The standard InChI is InChI=1S/C25H32N2O3S2/c1-4-11-31-17(3)12-18-13-22(28)24(23(29)14-18)21(5-2)27-30-15-20-16-32-25(26-20)19-9-7-6-8-10-19/h6-10,16-18,28H,4-5,11-15H2,1-3H3/b27-21+. The molecule has 2 atom stereocenters. The van der Waals surface area contributed by atoms with E-state index in [-0.39, 0.29) is 24.1 Å². The minimum atomic E-state index is -0.0318. The number of carbonyl (C=O) groups excluding carboxylic acids is 1. The molecule has 172 valence electrons. The normalized spacial score (nSPS) is 18.2. The fraction of sp³-hybridized carbons (Fsp3) is 0.480. The highest BCUT2D eigenvalue weighted by molar-refractivity contribution is 7.99. The molecule has 5 nitrogen and oxygen atoms in total. The number of aliphatic hydroxyl groups excluding tert-OH is 1. The summed E-state index contributed by atoms with van der Waals surface area (Å²) in [6.07, 6.45) is 3.60. The maximum atomic E-state index is 12.8. The first kappa shape index (κ1) is 24.5. The van der Waals surface area contributed by atoms with E-state index < -0.39 is 0 Å². The van der Waals surface area contributed by atoms with E-state index in [9.17, 15) is 9.90 Å². The number of allylic oxidation sites excluding steroid dienone is 2. The molecular formula is C25H32N2O3S2. The monoisotopic (exact) mass is 472 g/mol. The first-order valence-corrected chi connectivity index (χ1v) is 13.2. The van der Waals surface area contributed by atoms with Crippen LogP contribution in [0.1, 0.15) is 58.6 Å². The number of benzene rings is 1. The fourth-order valence-electron chi connectivity index (χ4n) is 3.87. The van der Waals surface area contributed by atoms with Gasteiger partial charge in [-0.15, -0.1) is 11.3 Å². The van der Waals surface area contributed by atoms with Crippen LogP contribution in [0.2, 0.25) is 0 Å². The Morgan fingerprint density at radius 3 is 2.78 bits per heavy atom. The van der Waals surface area contributed by atoms with Crippen molar-refractivity contribution in [1.29, 1.82) is 0 Å². The number of hydrogen-bond donors (Lipinski definition) is 1. The number of hydrogen-bond acceptors (Lipinski definition) is 7. The Kier molecular flexibility index (Phi) is 9.36. The van der Waals surface area contributed by atoms with Crippen LogP contribution in [0, 0.1) is 5.92 Å². The summed E-state index contributed by atoms with van der Waals surface area (Å²) in [6.45, 7) is 6.52. The summed E-state index contributed by atoms with van der Waals surface area (Å²) in [7, 11) is 0. The van der Waals surface area contributed by atoms with Gasteiger partial charge in [-0.3, -0.25) is 4.79 Å². The van der Waals surface area contributed by atoms with Crippen molar-refractivity contribution in [3.63, 3.8) is 0 Å². The van der Waals surface area contributed by atoms with Crippen molar-refractivity contribution < 1.29 is 14.7 Å². The van der Waals surface area contributed by atoms with E-state index in [2.05, 4.69) is 24.0 Å². The smallest absolute Gasteiger partial charge is 0.168 e. The summed E-state index contributed by atoms with van der Waals surface area (Å²) in [5.74, 6) is 1.44. The van der Waals surface area contributed by atoms with Crippen molar-refractivity contribution in [1.82, 2.24) is 4.98 Å². The molecule has 0 aliphatic heterocycles. The van der Waals surface area contributed by atoms with E-state index in [0.29, 0.717) is 35.8 Å². The first-order valence-electron chi connectivity index (χ1n) is 11.3. The number of thioether (sulfide) groups is 1. The number of Topliss-reactive ketones (excluding diaryl/α,β-unsaturated/α-hetero) is 1. The number of thiazole rings is 1. The third kappa shape index (κ3) is 6.69. The molecule has 2 aromatic rings. The van der Waals surface area contributed by atoms with Crippen molar-refractivity contribution in [3.8, 4) is 10.6 Å². The largest absolute Gasteiger partial charge is 0.511 e. The van der Waals surface area contributed by atoms with Gasteiger partial charge in [0.25, 0.3) is 0 Å². The predicted molar refractivity (Wildman–Crippen MR) is 134 cm³/mol. The summed E-state index contributed by atoms with van der Waals surface area (Å²) < 4.78 is 0. The Morgan fingerprint density at radius 1 is 1.31 bits per heavy atom. The second-order valence-electron chi connectivity index (χ2n) is 8.11. The summed E-state index contributed by atoms with van der Waals surface area (Å²) in [5.41, 5.74) is 2.72. The number of rotatable bonds is 11. The van der Waals surface area contributed by atoms with Gasteiger partial charge in [-0.2, -0.15) is 11.8 Å². The molecule has 0 saturated carbocycles. The van der Waals surface area contributed by atoms with E-state index in [1.807, 2.05) is 54.4 Å². The molecule has 1 aliphatic carbocycles. The maximum absolute atomic E-state index is 12.8. The third-order valence-electron chi connectivity index (χ3n) is 5.38. The van der Waals surface area contributed by atoms with Gasteiger partial charge >= 0.3 is 0 Å². The predicted octanol–water partition coefficient (Wildman–Crippen LogP) is 6.81. The number of ketones is 1. The Hall–Kier alpha value is -2.12. The number of nitrogens with zero attached hydrogens (tertiary/aromatic N) is 2. The zero-order chi connectivity index (χ0) is 22.9. The average molecular weight is 473 g/mol. The lowest BCUT2D eigenvalue weighted by Gasteiger charge is -2.25. The van der Waals surface area contributed by atoms with Crippen LogP contribution >= 0.6 is 23.1 Å². The number of oxime groups is 1. The van der Waals surface area contributed by atoms with Gasteiger partial charge in [-0.1, -0.05) is 56.3 Å². The van der Waals surface area contributed by atoms with Crippen molar-refractivity contribution >= 4 is 34.6 Å². The molecule has 0 bridgehead atoms. The lowest BCUT2D eigenvalue weighted by Crippen LogP contribution is -2.26. The molecule has 32 heavy (non-hydrogen) atoms. The molecule has 1 aliphatic rings. The Balaban J connectivity index is 1.61. The Bertz CT molecular complexity index is 953. The number of aliphatic hydroxyl groups is 1. The quantitative estimate of drug-likeness (QED) is 0.287. The van der Waals surface area contributed by atoms with Crippen LogP contribution in [0.4, 0.5) is 0 Å². The van der Waals surface area contributed by atoms with Crippen LogP contribution in [-0.4, -0.2) is 32.6 Å². The van der Waals surface area contributed by atoms with Crippen molar-refractivity contribution in [2.45, 2.75) is 64.7 Å². The summed E-state index contributed by atoms with van der Waals surface area (Å²) in [6, 6.07) is 10.0. The van der Waals surface area contributed by atoms with Crippen molar-refractivity contribution in [2.24, 2.45) is 11.1 Å². The van der Waals surface area contributed by atoms with Crippen LogP contribution in [0.25, 0.3) is 10.6 Å². The van der Waals surface area contributed by atoms with Gasteiger partial charge in [0.05, 0.1) is 17.0 Å². The number of carbonyl (C=O) groups is 1. The third-order valence-corrected chi connectivity index (χ3v) is 7.72. The van der Waals surface area contributed by atoms with Gasteiger partial charge in [0, 0.05) is 29.0 Å². The van der Waals surface area contributed by atoms with Crippen LogP contribution < -0.4 is 0 Å². The van der Waals surface area contributed by atoms with Gasteiger partial charge in [0.1, 0.15) is 10.8 Å². The van der Waals surface area contributed by atoms with Gasteiger partial charge in [-0.05, 0) is 30.9 Å². The second kappa shape index (κ2) is 12.2. The molecule has 2 unspecified atom stereocenters. The zero-order valence-corrected chi connectivity index (χ0v) is 20.7. The highest BCUT2D eigenvalue weighted by Gasteiger charge is 2.31. The summed E-state index contributed by atoms with van der Waals surface area (Å²) >= 11 is 3.50. The van der Waals surface area contributed by atoms with E-state index in [1.54, 1.807) is 11.3 Å². The molecule has 0 fully saturated rings. The van der Waals surface area contributed by atoms with E-state index >= 15 is 0 Å². The summed E-state index contributed by atoms with van der Waals surface area (Å²) in [4.78, 5) is 23.0. The molecule has 0 spiro atoms. The second-order valence-corrected chi connectivity index (χ2v) is 10.5. The SMILES string of the molecule is CCCSC(C)CC1CC(=O)C(/C(CC)=N/OCc2csc(-c3ccccc3)n2)=C(O)C1. The van der Waals surface area contributed by atoms with Crippen LogP contribution in [0.3, 0.4) is 0 Å². The van der Waals surface area contributed by atoms with Crippen LogP contribution in [0.5, 0.6) is 0 Å². The van der Waals surface area contributed by atoms with Gasteiger partial charge < -0.3 is 9.94 Å². The topological polar surface area (TPSA) is 71.8 Å². The molecule has 1 heterocycles. The minimum absolute atomic E-state index is 0.0318. The van der Waals surface area contributed by atoms with Crippen molar-refractivity contribution in [3.05, 3.63) is 52.7 Å². The van der Waals surface area contributed by atoms with Crippen molar-refractivity contribution in [2.75, 3.05) is 5.75 Å². The van der Waals surface area contributed by atoms with Crippen LogP contribution in [-0.2, 0) is 16.2 Å². The molecule has 3 rings (SSSR count). The highest BCUT2D eigenvalue weighted by Crippen LogP contribution is 2.33.